The van der Waals surface area contributed by atoms with E-state index in [0.29, 0.717) is 11.6 Å². The van der Waals surface area contributed by atoms with Gasteiger partial charge in [0.1, 0.15) is 4.75 Å². The van der Waals surface area contributed by atoms with Crippen LogP contribution < -0.4 is 5.76 Å². The van der Waals surface area contributed by atoms with E-state index in [-0.39, 0.29) is 47.9 Å². The SMILES string of the molecule is Cc1ccc(S(=O)(=O)[C@@]23CCN(C(=O)c4noc(=O)[nH]4)[C@@H]2CCc2cc(C(F)(C(F)(F)F)C(F)(F)F)ccc23)cc1. The molecule has 1 amide bonds. The molecule has 0 bridgehead atoms. The predicted molar refractivity (Wildman–Crippen MR) is 126 cm³/mol. The fraction of sp³-hybridized carbons (Fsp3) is 0.400. The Hall–Kier alpha value is -3.69. The van der Waals surface area contributed by atoms with E-state index in [1.54, 1.807) is 6.92 Å². The van der Waals surface area contributed by atoms with Crippen LogP contribution in [0.5, 0.6) is 0 Å². The van der Waals surface area contributed by atoms with Gasteiger partial charge in [-0.25, -0.2) is 17.6 Å². The van der Waals surface area contributed by atoms with E-state index in [1.165, 1.54) is 24.3 Å². The number of likely N-dealkylation sites (tertiary alicyclic amines) is 1. The maximum atomic E-state index is 14.9. The zero-order valence-corrected chi connectivity index (χ0v) is 21.8. The Morgan fingerprint density at radius 3 is 2.24 bits per heavy atom. The van der Waals surface area contributed by atoms with E-state index in [4.69, 9.17) is 0 Å². The number of hydrogen-bond donors (Lipinski definition) is 1. The second kappa shape index (κ2) is 9.16. The van der Waals surface area contributed by atoms with Gasteiger partial charge < -0.3 is 4.90 Å². The fourth-order valence-corrected chi connectivity index (χ4v) is 8.23. The quantitative estimate of drug-likeness (QED) is 0.438. The molecule has 2 aliphatic rings. The van der Waals surface area contributed by atoms with Crippen molar-refractivity contribution >= 4 is 15.7 Å². The summed E-state index contributed by atoms with van der Waals surface area (Å²) in [5, 5.41) is 3.34. The molecule has 0 radical (unpaired) electrons. The third-order valence-corrected chi connectivity index (χ3v) is 10.3. The van der Waals surface area contributed by atoms with Gasteiger partial charge in [-0.3, -0.25) is 14.3 Å². The molecule has 2 aromatic carbocycles. The van der Waals surface area contributed by atoms with Crippen molar-refractivity contribution in [1.29, 1.82) is 0 Å². The van der Waals surface area contributed by atoms with Gasteiger partial charge in [0.05, 0.1) is 10.9 Å². The average molecular weight is 608 g/mol. The Bertz CT molecular complexity index is 1660. The van der Waals surface area contributed by atoms with Crippen LogP contribution in [-0.2, 0) is 26.7 Å². The highest BCUT2D eigenvalue weighted by atomic mass is 32.2. The van der Waals surface area contributed by atoms with E-state index >= 15 is 0 Å². The summed E-state index contributed by atoms with van der Waals surface area (Å²) in [6.07, 6.45) is -13.5. The first-order valence-corrected chi connectivity index (χ1v) is 13.6. The summed E-state index contributed by atoms with van der Waals surface area (Å²) < 4.78 is 127. The topological polar surface area (TPSA) is 113 Å². The summed E-state index contributed by atoms with van der Waals surface area (Å²) in [5.41, 5.74) is -7.10. The van der Waals surface area contributed by atoms with Gasteiger partial charge in [-0.2, -0.15) is 26.3 Å². The van der Waals surface area contributed by atoms with Crippen molar-refractivity contribution < 1.29 is 48.5 Å². The number of nitrogens with one attached hydrogen (secondary N) is 1. The molecule has 220 valence electrons. The third-order valence-electron chi connectivity index (χ3n) is 7.78. The zero-order valence-electron chi connectivity index (χ0n) is 20.9. The number of benzene rings is 2. The molecule has 0 spiro atoms. The molecule has 1 aliphatic carbocycles. The van der Waals surface area contributed by atoms with Crippen LogP contribution in [0, 0.1) is 6.92 Å². The van der Waals surface area contributed by atoms with E-state index < -0.39 is 61.7 Å². The molecule has 16 heteroatoms. The van der Waals surface area contributed by atoms with Crippen LogP contribution in [0.2, 0.25) is 0 Å². The van der Waals surface area contributed by atoms with Crippen molar-refractivity contribution in [2.45, 2.75) is 59.9 Å². The van der Waals surface area contributed by atoms with Crippen molar-refractivity contribution in [3.63, 3.8) is 0 Å². The normalized spacial score (nSPS) is 21.5. The van der Waals surface area contributed by atoms with Gasteiger partial charge in [-0.1, -0.05) is 35.9 Å². The highest BCUT2D eigenvalue weighted by Crippen LogP contribution is 2.56. The predicted octanol–water partition coefficient (Wildman–Crippen LogP) is 4.49. The second-order valence-corrected chi connectivity index (χ2v) is 12.2. The summed E-state index contributed by atoms with van der Waals surface area (Å²) in [5.74, 6) is -2.45. The number of aromatic amines is 1. The molecular formula is C25H20F7N3O5S. The molecule has 2 heterocycles. The summed E-state index contributed by atoms with van der Waals surface area (Å²) in [6.45, 7) is 1.48. The van der Waals surface area contributed by atoms with Gasteiger partial charge in [-0.15, -0.1) is 0 Å². The standard InChI is InChI=1S/C25H20F7N3O5S/c1-13-2-6-16(7-3-13)41(38,39)22-10-11-35(20(36)19-33-21(37)40-34-19)18(22)9-4-14-12-15(5-8-17(14)22)23(26,24(27,28)29)25(30,31)32/h2-3,5-8,12,18H,4,9-11H2,1H3,(H,33,34,37)/t18-,22-/m1/s1. The summed E-state index contributed by atoms with van der Waals surface area (Å²) in [4.78, 5) is 27.6. The minimum absolute atomic E-state index is 0.145. The van der Waals surface area contributed by atoms with Crippen LogP contribution in [0.4, 0.5) is 30.7 Å². The lowest BCUT2D eigenvalue weighted by Crippen LogP contribution is -2.53. The highest BCUT2D eigenvalue weighted by Gasteiger charge is 2.73. The van der Waals surface area contributed by atoms with Gasteiger partial charge in [-0.05, 0) is 54.6 Å². The maximum Gasteiger partial charge on any atom is 0.439 e. The summed E-state index contributed by atoms with van der Waals surface area (Å²) in [6, 6.07) is 5.91. The Kier molecular flexibility index (Phi) is 6.44. The number of nitrogens with zero attached hydrogens (tertiary/aromatic N) is 2. The van der Waals surface area contributed by atoms with Crippen LogP contribution in [0.25, 0.3) is 0 Å². The molecule has 8 nitrogen and oxygen atoms in total. The molecule has 0 unspecified atom stereocenters. The average Bonchev–Trinajstić information content (AvgIpc) is 3.51. The smallest absolute Gasteiger partial charge is 0.331 e. The molecule has 1 saturated heterocycles. The van der Waals surface area contributed by atoms with Crippen molar-refractivity contribution in [2.24, 2.45) is 0 Å². The van der Waals surface area contributed by atoms with Gasteiger partial charge in [0.2, 0.25) is 5.82 Å². The van der Waals surface area contributed by atoms with Gasteiger partial charge in [0.15, 0.2) is 9.84 Å². The minimum Gasteiger partial charge on any atom is -0.331 e. The largest absolute Gasteiger partial charge is 0.439 e. The Morgan fingerprint density at radius 1 is 1.05 bits per heavy atom. The van der Waals surface area contributed by atoms with Crippen molar-refractivity contribution in [2.75, 3.05) is 6.54 Å². The number of halogens is 7. The van der Waals surface area contributed by atoms with Crippen LogP contribution >= 0.6 is 0 Å². The number of rotatable bonds is 4. The first kappa shape index (κ1) is 28.8. The molecule has 0 saturated carbocycles. The number of sulfone groups is 1. The number of alkyl halides is 7. The summed E-state index contributed by atoms with van der Waals surface area (Å²) >= 11 is 0. The molecule has 3 aromatic rings. The molecule has 2 atom stereocenters. The number of fused-ring (bicyclic) bond motifs is 3. The first-order chi connectivity index (χ1) is 18.9. The Labute approximate surface area is 227 Å². The number of aromatic nitrogens is 2. The van der Waals surface area contributed by atoms with Crippen LogP contribution in [0.15, 0.2) is 56.7 Å². The highest BCUT2D eigenvalue weighted by molar-refractivity contribution is 7.92. The van der Waals surface area contributed by atoms with Crippen LogP contribution in [0.1, 0.15) is 45.7 Å². The monoisotopic (exact) mass is 607 g/mol. The molecule has 1 aromatic heterocycles. The number of H-pyrrole nitrogens is 1. The van der Waals surface area contributed by atoms with E-state index in [0.717, 1.165) is 11.0 Å². The first-order valence-electron chi connectivity index (χ1n) is 12.1. The van der Waals surface area contributed by atoms with E-state index in [1.807, 2.05) is 0 Å². The Morgan fingerprint density at radius 2 is 1.68 bits per heavy atom. The summed E-state index contributed by atoms with van der Waals surface area (Å²) in [7, 11) is -4.49. The fourth-order valence-electron chi connectivity index (χ4n) is 5.86. The van der Waals surface area contributed by atoms with Crippen molar-refractivity contribution in [3.8, 4) is 0 Å². The molecular weight excluding hydrogens is 587 g/mol. The molecule has 1 aliphatic heterocycles. The van der Waals surface area contributed by atoms with Gasteiger partial charge >= 0.3 is 23.8 Å². The van der Waals surface area contributed by atoms with Gasteiger partial charge in [0, 0.05) is 12.1 Å². The lowest BCUT2D eigenvalue weighted by atomic mass is 9.76. The lowest BCUT2D eigenvalue weighted by molar-refractivity contribution is -0.348. The molecule has 41 heavy (non-hydrogen) atoms. The maximum absolute atomic E-state index is 14.9. The van der Waals surface area contributed by atoms with Crippen LogP contribution in [0.3, 0.4) is 0 Å². The third kappa shape index (κ3) is 4.08. The lowest BCUT2D eigenvalue weighted by Gasteiger charge is -2.43. The number of hydrogen-bond acceptors (Lipinski definition) is 6. The number of amides is 1. The zero-order chi connectivity index (χ0) is 30.2. The van der Waals surface area contributed by atoms with Crippen LogP contribution in [-0.4, -0.2) is 54.3 Å². The van der Waals surface area contributed by atoms with E-state index in [2.05, 4.69) is 14.7 Å². The molecule has 1 fully saturated rings. The number of carbonyl (C=O) groups is 1. The van der Waals surface area contributed by atoms with E-state index in [9.17, 15) is 48.7 Å². The number of aryl methyl sites for hydroxylation is 2. The second-order valence-electron chi connectivity index (χ2n) is 9.98. The molecule has 5 rings (SSSR count). The van der Waals surface area contributed by atoms with Gasteiger partial charge in [0.25, 0.3) is 5.91 Å². The Balaban J connectivity index is 1.71. The molecule has 1 N–H and O–H groups in total. The van der Waals surface area contributed by atoms with Crippen molar-refractivity contribution in [1.82, 2.24) is 15.0 Å². The minimum atomic E-state index is -6.35. The van der Waals surface area contributed by atoms with Crippen molar-refractivity contribution in [3.05, 3.63) is 81.1 Å². The number of carbonyl (C=O) groups excluding carboxylic acids is 1.